The van der Waals surface area contributed by atoms with E-state index in [1.165, 1.54) is 12.4 Å². The number of rotatable bonds is 4. The zero-order chi connectivity index (χ0) is 16.4. The Hall–Kier alpha value is -2.51. The minimum Gasteiger partial charge on any atom is -0.363 e. The Morgan fingerprint density at radius 3 is 2.65 bits per heavy atom. The van der Waals surface area contributed by atoms with Crippen molar-refractivity contribution in [2.75, 3.05) is 5.32 Å². The van der Waals surface area contributed by atoms with Crippen LogP contribution in [0.2, 0.25) is 0 Å². The Morgan fingerprint density at radius 1 is 1.09 bits per heavy atom. The summed E-state index contributed by atoms with van der Waals surface area (Å²) in [7, 11) is -3.72. The average Bonchev–Trinajstić information content (AvgIpc) is 2.54. The van der Waals surface area contributed by atoms with Crippen LogP contribution in [0, 0.1) is 0 Å². The summed E-state index contributed by atoms with van der Waals surface area (Å²) in [5.74, 6) is 0.698. The fraction of sp³-hybridized carbons (Fsp3) is 0.125. The average molecular weight is 328 g/mol. The van der Waals surface area contributed by atoms with Crippen molar-refractivity contribution in [3.05, 3.63) is 60.4 Å². The normalized spacial score (nSPS) is 13.0. The number of para-hydroxylation sites is 1. The number of aromatic nitrogens is 2. The molecule has 1 aromatic heterocycles. The third kappa shape index (κ3) is 3.30. The zero-order valence-corrected chi connectivity index (χ0v) is 13.3. The molecule has 0 saturated carbocycles. The molecule has 118 valence electrons. The Labute approximate surface area is 134 Å². The van der Waals surface area contributed by atoms with Gasteiger partial charge in [-0.15, -0.1) is 0 Å². The predicted octanol–water partition coefficient (Wildman–Crippen LogP) is 2.45. The molecule has 3 N–H and O–H groups in total. The molecule has 23 heavy (non-hydrogen) atoms. The van der Waals surface area contributed by atoms with Gasteiger partial charge in [-0.25, -0.2) is 23.5 Å². The molecule has 0 radical (unpaired) electrons. The summed E-state index contributed by atoms with van der Waals surface area (Å²) >= 11 is 0. The lowest BCUT2D eigenvalue weighted by Crippen LogP contribution is -2.14. The van der Waals surface area contributed by atoms with E-state index < -0.39 is 10.0 Å². The molecule has 0 fully saturated rings. The minimum absolute atomic E-state index is 0.0937. The van der Waals surface area contributed by atoms with Gasteiger partial charge in [0.2, 0.25) is 10.0 Å². The summed E-state index contributed by atoms with van der Waals surface area (Å²) in [6.07, 6.45) is 1.50. The molecule has 1 unspecified atom stereocenters. The number of sulfonamides is 1. The molecule has 0 aliphatic carbocycles. The van der Waals surface area contributed by atoms with Gasteiger partial charge in [-0.3, -0.25) is 0 Å². The van der Waals surface area contributed by atoms with Gasteiger partial charge in [-0.05, 0) is 36.8 Å². The van der Waals surface area contributed by atoms with Crippen LogP contribution in [0.4, 0.5) is 5.82 Å². The van der Waals surface area contributed by atoms with Gasteiger partial charge in [0, 0.05) is 5.39 Å². The molecule has 1 atom stereocenters. The first kappa shape index (κ1) is 15.4. The SMILES string of the molecule is CC(Nc1ncnc2ccccc12)c1cccc(S(N)(=O)=O)c1. The summed E-state index contributed by atoms with van der Waals surface area (Å²) in [6.45, 7) is 1.93. The van der Waals surface area contributed by atoms with E-state index in [-0.39, 0.29) is 10.9 Å². The molecule has 6 nitrogen and oxygen atoms in total. The molecule has 0 saturated heterocycles. The van der Waals surface area contributed by atoms with E-state index in [0.29, 0.717) is 5.82 Å². The molecule has 1 heterocycles. The molecule has 0 bridgehead atoms. The van der Waals surface area contributed by atoms with Crippen molar-refractivity contribution in [3.63, 3.8) is 0 Å². The van der Waals surface area contributed by atoms with Crippen LogP contribution in [0.25, 0.3) is 10.9 Å². The van der Waals surface area contributed by atoms with Crippen molar-refractivity contribution < 1.29 is 8.42 Å². The molecule has 7 heteroatoms. The van der Waals surface area contributed by atoms with E-state index >= 15 is 0 Å². The number of hydrogen-bond acceptors (Lipinski definition) is 5. The lowest BCUT2D eigenvalue weighted by Gasteiger charge is -2.16. The molecular weight excluding hydrogens is 312 g/mol. The molecule has 2 aromatic carbocycles. The first-order valence-electron chi connectivity index (χ1n) is 7.04. The number of anilines is 1. The summed E-state index contributed by atoms with van der Waals surface area (Å²) in [4.78, 5) is 8.59. The van der Waals surface area contributed by atoms with Crippen molar-refractivity contribution in [1.82, 2.24) is 9.97 Å². The maximum Gasteiger partial charge on any atom is 0.238 e. The highest BCUT2D eigenvalue weighted by atomic mass is 32.2. The Morgan fingerprint density at radius 2 is 1.87 bits per heavy atom. The van der Waals surface area contributed by atoms with Gasteiger partial charge in [0.1, 0.15) is 12.1 Å². The summed E-state index contributed by atoms with van der Waals surface area (Å²) in [5, 5.41) is 9.38. The first-order chi connectivity index (χ1) is 10.9. The number of nitrogens with two attached hydrogens (primary N) is 1. The summed E-state index contributed by atoms with van der Waals surface area (Å²) < 4.78 is 23.0. The predicted molar refractivity (Wildman–Crippen MR) is 89.4 cm³/mol. The maximum atomic E-state index is 11.5. The van der Waals surface area contributed by atoms with Gasteiger partial charge in [-0.2, -0.15) is 0 Å². The van der Waals surface area contributed by atoms with Crippen LogP contribution in [-0.4, -0.2) is 18.4 Å². The lowest BCUT2D eigenvalue weighted by atomic mass is 10.1. The van der Waals surface area contributed by atoms with Crippen molar-refractivity contribution in [2.24, 2.45) is 5.14 Å². The molecule has 0 aliphatic rings. The van der Waals surface area contributed by atoms with Gasteiger partial charge >= 0.3 is 0 Å². The van der Waals surface area contributed by atoms with Crippen LogP contribution in [0.3, 0.4) is 0 Å². The number of fused-ring (bicyclic) bond motifs is 1. The molecule has 0 aliphatic heterocycles. The highest BCUT2D eigenvalue weighted by molar-refractivity contribution is 7.89. The van der Waals surface area contributed by atoms with Crippen LogP contribution in [0.1, 0.15) is 18.5 Å². The van der Waals surface area contributed by atoms with Gasteiger partial charge in [0.15, 0.2) is 0 Å². The first-order valence-corrected chi connectivity index (χ1v) is 8.59. The third-order valence-corrected chi connectivity index (χ3v) is 4.49. The number of primary sulfonamides is 1. The van der Waals surface area contributed by atoms with E-state index in [0.717, 1.165) is 16.5 Å². The monoisotopic (exact) mass is 328 g/mol. The van der Waals surface area contributed by atoms with Crippen LogP contribution < -0.4 is 10.5 Å². The summed E-state index contributed by atoms with van der Waals surface area (Å²) in [5.41, 5.74) is 1.65. The van der Waals surface area contributed by atoms with Crippen molar-refractivity contribution in [2.45, 2.75) is 17.9 Å². The second-order valence-corrected chi connectivity index (χ2v) is 6.78. The van der Waals surface area contributed by atoms with Crippen molar-refractivity contribution >= 4 is 26.7 Å². The van der Waals surface area contributed by atoms with Crippen molar-refractivity contribution in [1.29, 1.82) is 0 Å². The van der Waals surface area contributed by atoms with Gasteiger partial charge in [0.25, 0.3) is 0 Å². The number of benzene rings is 2. The third-order valence-electron chi connectivity index (χ3n) is 3.58. The van der Waals surface area contributed by atoms with Crippen LogP contribution in [-0.2, 0) is 10.0 Å². The second kappa shape index (κ2) is 5.94. The molecular formula is C16H16N4O2S. The number of nitrogens with zero attached hydrogens (tertiary/aromatic N) is 2. The van der Waals surface area contributed by atoms with Gasteiger partial charge in [-0.1, -0.05) is 24.3 Å². The fourth-order valence-corrected chi connectivity index (χ4v) is 2.94. The lowest BCUT2D eigenvalue weighted by molar-refractivity contribution is 0.597. The molecule has 0 amide bonds. The molecule has 3 rings (SSSR count). The van der Waals surface area contributed by atoms with Gasteiger partial charge in [0.05, 0.1) is 16.5 Å². The quantitative estimate of drug-likeness (QED) is 0.766. The standard InChI is InChI=1S/C16H16N4O2S/c1-11(12-5-4-6-13(9-12)23(17,21)22)20-16-14-7-2-3-8-15(14)18-10-19-16/h2-11H,1H3,(H2,17,21,22)(H,18,19,20). The number of nitrogens with one attached hydrogen (secondary N) is 1. The van der Waals surface area contributed by atoms with Crippen LogP contribution in [0.5, 0.6) is 0 Å². The number of hydrogen-bond donors (Lipinski definition) is 2. The highest BCUT2D eigenvalue weighted by Gasteiger charge is 2.13. The Kier molecular flexibility index (Phi) is 3.97. The van der Waals surface area contributed by atoms with Crippen LogP contribution >= 0.6 is 0 Å². The highest BCUT2D eigenvalue weighted by Crippen LogP contribution is 2.24. The molecule has 3 aromatic rings. The minimum atomic E-state index is -3.72. The fourth-order valence-electron chi connectivity index (χ4n) is 2.37. The largest absolute Gasteiger partial charge is 0.363 e. The van der Waals surface area contributed by atoms with E-state index in [1.807, 2.05) is 37.3 Å². The van der Waals surface area contributed by atoms with E-state index in [9.17, 15) is 8.42 Å². The summed E-state index contributed by atoms with van der Waals surface area (Å²) in [6, 6.07) is 14.1. The Balaban J connectivity index is 1.94. The van der Waals surface area contributed by atoms with Crippen LogP contribution in [0.15, 0.2) is 59.8 Å². The maximum absolute atomic E-state index is 11.5. The van der Waals surface area contributed by atoms with Crippen molar-refractivity contribution in [3.8, 4) is 0 Å². The second-order valence-electron chi connectivity index (χ2n) is 5.22. The van der Waals surface area contributed by atoms with E-state index in [1.54, 1.807) is 12.1 Å². The smallest absolute Gasteiger partial charge is 0.238 e. The van der Waals surface area contributed by atoms with E-state index in [2.05, 4.69) is 15.3 Å². The Bertz CT molecular complexity index is 952. The van der Waals surface area contributed by atoms with E-state index in [4.69, 9.17) is 5.14 Å². The zero-order valence-electron chi connectivity index (χ0n) is 12.5. The topological polar surface area (TPSA) is 98.0 Å². The van der Waals surface area contributed by atoms with Gasteiger partial charge < -0.3 is 5.32 Å². The molecule has 0 spiro atoms.